The van der Waals surface area contributed by atoms with Gasteiger partial charge in [-0.05, 0) is 37.9 Å². The molecule has 0 radical (unpaired) electrons. The lowest BCUT2D eigenvalue weighted by Gasteiger charge is -2.26. The average Bonchev–Trinajstić information content (AvgIpc) is 2.69. The second-order valence-electron chi connectivity index (χ2n) is 4.37. The van der Waals surface area contributed by atoms with Gasteiger partial charge in [0.15, 0.2) is 11.5 Å². The van der Waals surface area contributed by atoms with E-state index >= 15 is 0 Å². The van der Waals surface area contributed by atoms with Gasteiger partial charge in [0, 0.05) is 16.6 Å². The van der Waals surface area contributed by atoms with E-state index in [1.807, 2.05) is 0 Å². The highest BCUT2D eigenvalue weighted by molar-refractivity contribution is 6.31. The molecule has 4 heteroatoms. The number of rotatable bonds is 2. The lowest BCUT2D eigenvalue weighted by Crippen LogP contribution is -2.33. The first kappa shape index (κ1) is 11.6. The van der Waals surface area contributed by atoms with Crippen LogP contribution in [0.1, 0.15) is 25.3 Å². The normalized spacial score (nSPS) is 24.7. The molecular weight excluding hydrogens is 226 g/mol. The third-order valence-corrected chi connectivity index (χ3v) is 3.54. The molecule has 1 saturated heterocycles. The molecule has 0 spiro atoms. The molecule has 1 heterocycles. The first-order valence-corrected chi connectivity index (χ1v) is 5.76. The Morgan fingerprint density at radius 3 is 2.81 bits per heavy atom. The van der Waals surface area contributed by atoms with Crippen molar-refractivity contribution in [3.63, 3.8) is 0 Å². The first-order chi connectivity index (χ1) is 7.57. The van der Waals surface area contributed by atoms with Gasteiger partial charge in [0.05, 0.1) is 7.11 Å². The van der Waals surface area contributed by atoms with Crippen LogP contribution < -0.4 is 10.1 Å². The number of phenols is 1. The molecule has 1 aromatic carbocycles. The molecule has 0 aliphatic carbocycles. The monoisotopic (exact) mass is 241 g/mol. The number of aromatic hydroxyl groups is 1. The maximum absolute atomic E-state index is 9.78. The van der Waals surface area contributed by atoms with Crippen molar-refractivity contribution in [2.75, 3.05) is 13.7 Å². The van der Waals surface area contributed by atoms with Crippen LogP contribution in [0, 0.1) is 0 Å². The van der Waals surface area contributed by atoms with Crippen molar-refractivity contribution in [2.24, 2.45) is 0 Å². The van der Waals surface area contributed by atoms with Crippen molar-refractivity contribution in [1.82, 2.24) is 5.32 Å². The van der Waals surface area contributed by atoms with Gasteiger partial charge in [-0.15, -0.1) is 0 Å². The van der Waals surface area contributed by atoms with Crippen molar-refractivity contribution in [3.05, 3.63) is 22.7 Å². The van der Waals surface area contributed by atoms with Crippen LogP contribution in [0.4, 0.5) is 0 Å². The summed E-state index contributed by atoms with van der Waals surface area (Å²) in [4.78, 5) is 0. The molecule has 88 valence electrons. The van der Waals surface area contributed by atoms with E-state index in [0.717, 1.165) is 24.9 Å². The average molecular weight is 242 g/mol. The standard InChI is InChI=1S/C12H16ClNO2/c1-12(4-3-5-14-12)8-6-10(15)11(16-2)7-9(8)13/h6-7,14-15H,3-5H2,1-2H3. The van der Waals surface area contributed by atoms with E-state index < -0.39 is 0 Å². The molecule has 1 atom stereocenters. The predicted octanol–water partition coefficient (Wildman–Crippen LogP) is 2.65. The highest BCUT2D eigenvalue weighted by atomic mass is 35.5. The van der Waals surface area contributed by atoms with Crippen LogP contribution in [0.25, 0.3) is 0 Å². The van der Waals surface area contributed by atoms with Crippen molar-refractivity contribution in [2.45, 2.75) is 25.3 Å². The molecule has 0 bridgehead atoms. The van der Waals surface area contributed by atoms with Gasteiger partial charge < -0.3 is 15.2 Å². The maximum atomic E-state index is 9.78. The number of benzene rings is 1. The third kappa shape index (κ3) is 1.85. The van der Waals surface area contributed by atoms with Crippen LogP contribution in [0.5, 0.6) is 11.5 Å². The van der Waals surface area contributed by atoms with Crippen LogP contribution in [0.2, 0.25) is 5.02 Å². The lowest BCUT2D eigenvalue weighted by atomic mass is 9.90. The zero-order valence-electron chi connectivity index (χ0n) is 9.51. The number of hydrogen-bond acceptors (Lipinski definition) is 3. The molecule has 0 saturated carbocycles. The van der Waals surface area contributed by atoms with E-state index in [0.29, 0.717) is 10.8 Å². The maximum Gasteiger partial charge on any atom is 0.161 e. The summed E-state index contributed by atoms with van der Waals surface area (Å²) in [7, 11) is 1.51. The SMILES string of the molecule is COc1cc(Cl)c(C2(C)CCCN2)cc1O. The Morgan fingerprint density at radius 2 is 2.25 bits per heavy atom. The summed E-state index contributed by atoms with van der Waals surface area (Å²) in [6, 6.07) is 3.36. The van der Waals surface area contributed by atoms with E-state index in [1.165, 1.54) is 7.11 Å². The first-order valence-electron chi connectivity index (χ1n) is 5.39. The number of hydrogen-bond donors (Lipinski definition) is 2. The molecule has 1 unspecified atom stereocenters. The second kappa shape index (κ2) is 4.15. The summed E-state index contributed by atoms with van der Waals surface area (Å²) in [6.45, 7) is 3.09. The van der Waals surface area contributed by atoms with Gasteiger partial charge in [-0.25, -0.2) is 0 Å². The van der Waals surface area contributed by atoms with E-state index in [-0.39, 0.29) is 11.3 Å². The topological polar surface area (TPSA) is 41.5 Å². The van der Waals surface area contributed by atoms with E-state index in [1.54, 1.807) is 12.1 Å². The Hall–Kier alpha value is -0.930. The van der Waals surface area contributed by atoms with Crippen LogP contribution in [-0.2, 0) is 5.54 Å². The molecule has 1 aliphatic heterocycles. The minimum Gasteiger partial charge on any atom is -0.504 e. The van der Waals surface area contributed by atoms with Gasteiger partial charge in [0.2, 0.25) is 0 Å². The van der Waals surface area contributed by atoms with Gasteiger partial charge >= 0.3 is 0 Å². The van der Waals surface area contributed by atoms with Crippen molar-refractivity contribution in [1.29, 1.82) is 0 Å². The van der Waals surface area contributed by atoms with E-state index in [9.17, 15) is 5.11 Å². The minimum atomic E-state index is -0.138. The highest BCUT2D eigenvalue weighted by Crippen LogP contribution is 2.40. The summed E-state index contributed by atoms with van der Waals surface area (Å²) in [6.07, 6.45) is 2.15. The van der Waals surface area contributed by atoms with Gasteiger partial charge in [-0.1, -0.05) is 11.6 Å². The lowest BCUT2D eigenvalue weighted by molar-refractivity contribution is 0.369. The van der Waals surface area contributed by atoms with Crippen molar-refractivity contribution < 1.29 is 9.84 Å². The number of nitrogens with one attached hydrogen (secondary N) is 1. The third-order valence-electron chi connectivity index (χ3n) is 3.23. The molecule has 1 fully saturated rings. The van der Waals surface area contributed by atoms with Crippen molar-refractivity contribution in [3.8, 4) is 11.5 Å². The fourth-order valence-electron chi connectivity index (χ4n) is 2.25. The Labute approximate surface area is 100 Å². The van der Waals surface area contributed by atoms with Gasteiger partial charge in [-0.3, -0.25) is 0 Å². The minimum absolute atomic E-state index is 0.136. The Bertz CT molecular complexity index is 400. The number of phenolic OH excluding ortho intramolecular Hbond substituents is 1. The number of halogens is 1. The molecule has 3 nitrogen and oxygen atoms in total. The van der Waals surface area contributed by atoms with Gasteiger partial charge in [-0.2, -0.15) is 0 Å². The molecule has 2 rings (SSSR count). The van der Waals surface area contributed by atoms with Gasteiger partial charge in [0.1, 0.15) is 0 Å². The molecule has 1 aliphatic rings. The summed E-state index contributed by atoms with van der Waals surface area (Å²) in [5.74, 6) is 0.548. The predicted molar refractivity (Wildman–Crippen MR) is 64.3 cm³/mol. The Morgan fingerprint density at radius 1 is 1.50 bits per heavy atom. The highest BCUT2D eigenvalue weighted by Gasteiger charge is 2.32. The fourth-order valence-corrected chi connectivity index (χ4v) is 2.62. The Balaban J connectivity index is 2.45. The van der Waals surface area contributed by atoms with Crippen LogP contribution >= 0.6 is 11.6 Å². The Kier molecular flexibility index (Phi) is 3.00. The summed E-state index contributed by atoms with van der Waals surface area (Å²) in [5, 5.41) is 13.8. The summed E-state index contributed by atoms with van der Waals surface area (Å²) >= 11 is 6.22. The molecule has 16 heavy (non-hydrogen) atoms. The molecule has 0 aromatic heterocycles. The van der Waals surface area contributed by atoms with Gasteiger partial charge in [0.25, 0.3) is 0 Å². The zero-order valence-corrected chi connectivity index (χ0v) is 10.3. The van der Waals surface area contributed by atoms with Crippen LogP contribution in [-0.4, -0.2) is 18.8 Å². The summed E-state index contributed by atoms with van der Waals surface area (Å²) < 4.78 is 5.02. The summed E-state index contributed by atoms with van der Waals surface area (Å²) in [5.41, 5.74) is 0.797. The van der Waals surface area contributed by atoms with Crippen LogP contribution in [0.15, 0.2) is 12.1 Å². The van der Waals surface area contributed by atoms with Crippen LogP contribution in [0.3, 0.4) is 0 Å². The number of ether oxygens (including phenoxy) is 1. The molecular formula is C12H16ClNO2. The largest absolute Gasteiger partial charge is 0.504 e. The van der Waals surface area contributed by atoms with Crippen molar-refractivity contribution >= 4 is 11.6 Å². The fraction of sp³-hybridized carbons (Fsp3) is 0.500. The van der Waals surface area contributed by atoms with E-state index in [4.69, 9.17) is 16.3 Å². The smallest absolute Gasteiger partial charge is 0.161 e. The zero-order chi connectivity index (χ0) is 11.8. The quantitative estimate of drug-likeness (QED) is 0.837. The molecule has 2 N–H and O–H groups in total. The number of methoxy groups -OCH3 is 1. The molecule has 0 amide bonds. The molecule has 1 aromatic rings. The van der Waals surface area contributed by atoms with E-state index in [2.05, 4.69) is 12.2 Å². The second-order valence-corrected chi connectivity index (χ2v) is 4.77.